The molecule has 2 aliphatic heterocycles. The van der Waals surface area contributed by atoms with E-state index in [0.717, 1.165) is 50.0 Å². The highest BCUT2D eigenvalue weighted by atomic mass is 32.2. The van der Waals surface area contributed by atoms with E-state index in [2.05, 4.69) is 6.08 Å². The fourth-order valence-electron chi connectivity index (χ4n) is 3.27. The number of rotatable bonds is 2. The molecule has 0 bridgehead atoms. The molecule has 0 aromatic rings. The van der Waals surface area contributed by atoms with Crippen molar-refractivity contribution in [3.05, 3.63) is 11.6 Å². The van der Waals surface area contributed by atoms with E-state index in [-0.39, 0.29) is 11.5 Å². The zero-order valence-electron chi connectivity index (χ0n) is 10.2. The molecule has 1 spiro atoms. The third-order valence-electron chi connectivity index (χ3n) is 4.29. The molecule has 1 aliphatic carbocycles. The van der Waals surface area contributed by atoms with Crippen LogP contribution in [-0.4, -0.2) is 29.5 Å². The maximum atomic E-state index is 12.4. The van der Waals surface area contributed by atoms with Crippen LogP contribution in [0.3, 0.4) is 0 Å². The first-order valence-electron chi connectivity index (χ1n) is 6.74. The van der Waals surface area contributed by atoms with Gasteiger partial charge in [0.05, 0.1) is 5.60 Å². The molecule has 0 aromatic carbocycles. The Bertz CT molecular complexity index is 342. The molecule has 3 heteroatoms. The summed E-state index contributed by atoms with van der Waals surface area (Å²) < 4.78 is 5.98. The molecular weight excluding hydrogens is 232 g/mol. The summed E-state index contributed by atoms with van der Waals surface area (Å²) in [5.41, 5.74) is 1.15. The molecule has 3 aliphatic rings. The van der Waals surface area contributed by atoms with Gasteiger partial charge in [0, 0.05) is 18.3 Å². The average Bonchev–Trinajstić information content (AvgIpc) is 3.00. The van der Waals surface area contributed by atoms with Crippen molar-refractivity contribution in [1.29, 1.82) is 0 Å². The largest absolute Gasteiger partial charge is 0.374 e. The summed E-state index contributed by atoms with van der Waals surface area (Å²) in [6.07, 6.45) is 8.49. The standard InChI is InChI=1S/C14H20O2S/c15-13(11-3-1-2-4-11)12-5-7-16-14(9-12)6-8-17-10-14/h3,12H,1-2,4-10H2. The van der Waals surface area contributed by atoms with Crippen LogP contribution in [0.4, 0.5) is 0 Å². The maximum absolute atomic E-state index is 12.4. The Kier molecular flexibility index (Phi) is 3.31. The number of allylic oxidation sites excluding steroid dienone is 2. The molecule has 3 rings (SSSR count). The molecule has 2 heterocycles. The van der Waals surface area contributed by atoms with Gasteiger partial charge in [-0.1, -0.05) is 6.08 Å². The molecular formula is C14H20O2S. The Hall–Kier alpha value is -0.280. The minimum absolute atomic E-state index is 0.0441. The van der Waals surface area contributed by atoms with Crippen LogP contribution in [-0.2, 0) is 9.53 Å². The first-order valence-corrected chi connectivity index (χ1v) is 7.90. The monoisotopic (exact) mass is 252 g/mol. The van der Waals surface area contributed by atoms with Crippen molar-refractivity contribution in [2.24, 2.45) is 5.92 Å². The Morgan fingerprint density at radius 3 is 3.18 bits per heavy atom. The highest BCUT2D eigenvalue weighted by Gasteiger charge is 2.42. The van der Waals surface area contributed by atoms with Gasteiger partial charge >= 0.3 is 0 Å². The molecule has 2 fully saturated rings. The lowest BCUT2D eigenvalue weighted by Crippen LogP contribution is -2.42. The Balaban J connectivity index is 1.69. The molecule has 0 radical (unpaired) electrons. The van der Waals surface area contributed by atoms with Gasteiger partial charge in [0.2, 0.25) is 0 Å². The van der Waals surface area contributed by atoms with Crippen LogP contribution in [0.5, 0.6) is 0 Å². The molecule has 0 saturated carbocycles. The van der Waals surface area contributed by atoms with E-state index in [0.29, 0.717) is 5.78 Å². The van der Waals surface area contributed by atoms with E-state index in [1.165, 1.54) is 12.2 Å². The maximum Gasteiger partial charge on any atom is 0.161 e. The van der Waals surface area contributed by atoms with Crippen LogP contribution in [0.2, 0.25) is 0 Å². The number of carbonyl (C=O) groups excluding carboxylic acids is 1. The van der Waals surface area contributed by atoms with Gasteiger partial charge in [0.15, 0.2) is 5.78 Å². The summed E-state index contributed by atoms with van der Waals surface area (Å²) in [5, 5.41) is 0. The van der Waals surface area contributed by atoms with Crippen molar-refractivity contribution in [2.75, 3.05) is 18.1 Å². The number of thioether (sulfide) groups is 1. The molecule has 17 heavy (non-hydrogen) atoms. The van der Waals surface area contributed by atoms with Gasteiger partial charge in [-0.15, -0.1) is 0 Å². The molecule has 2 unspecified atom stereocenters. The average molecular weight is 252 g/mol. The summed E-state index contributed by atoms with van der Waals surface area (Å²) in [6, 6.07) is 0. The van der Waals surface area contributed by atoms with Crippen molar-refractivity contribution in [1.82, 2.24) is 0 Å². The molecule has 0 aromatic heterocycles. The van der Waals surface area contributed by atoms with Gasteiger partial charge in [0.25, 0.3) is 0 Å². The van der Waals surface area contributed by atoms with Crippen LogP contribution in [0.1, 0.15) is 38.5 Å². The molecule has 0 amide bonds. The van der Waals surface area contributed by atoms with Crippen LogP contribution in [0.15, 0.2) is 11.6 Å². The predicted molar refractivity (Wildman–Crippen MR) is 70.3 cm³/mol. The number of Topliss-reactive ketones (excluding diaryl/α,β-unsaturated/α-hetero) is 1. The number of hydrogen-bond acceptors (Lipinski definition) is 3. The van der Waals surface area contributed by atoms with Crippen LogP contribution < -0.4 is 0 Å². The van der Waals surface area contributed by atoms with Gasteiger partial charge in [-0.25, -0.2) is 0 Å². The third-order valence-corrected chi connectivity index (χ3v) is 5.51. The number of ketones is 1. The van der Waals surface area contributed by atoms with Gasteiger partial charge in [-0.2, -0.15) is 11.8 Å². The molecule has 94 valence electrons. The molecule has 2 nitrogen and oxygen atoms in total. The Labute approximate surface area is 107 Å². The number of carbonyl (C=O) groups is 1. The van der Waals surface area contributed by atoms with Crippen molar-refractivity contribution < 1.29 is 9.53 Å². The molecule has 2 saturated heterocycles. The summed E-state index contributed by atoms with van der Waals surface area (Å²) in [5.74, 6) is 2.97. The highest BCUT2D eigenvalue weighted by molar-refractivity contribution is 7.99. The van der Waals surface area contributed by atoms with Crippen molar-refractivity contribution >= 4 is 17.5 Å². The van der Waals surface area contributed by atoms with Crippen LogP contribution >= 0.6 is 11.8 Å². The van der Waals surface area contributed by atoms with Crippen molar-refractivity contribution in [3.8, 4) is 0 Å². The summed E-state index contributed by atoms with van der Waals surface area (Å²) in [7, 11) is 0. The quantitative estimate of drug-likeness (QED) is 0.756. The molecule has 0 N–H and O–H groups in total. The van der Waals surface area contributed by atoms with E-state index < -0.39 is 0 Å². The predicted octanol–water partition coefficient (Wildman–Crippen LogP) is 2.97. The normalized spacial score (nSPS) is 37.4. The van der Waals surface area contributed by atoms with Gasteiger partial charge in [-0.3, -0.25) is 4.79 Å². The van der Waals surface area contributed by atoms with Gasteiger partial charge < -0.3 is 4.74 Å². The third kappa shape index (κ3) is 2.32. The number of ether oxygens (including phenoxy) is 1. The summed E-state index contributed by atoms with van der Waals surface area (Å²) >= 11 is 1.97. The Morgan fingerprint density at radius 2 is 2.47 bits per heavy atom. The van der Waals surface area contributed by atoms with E-state index in [1.54, 1.807) is 0 Å². The lowest BCUT2D eigenvalue weighted by atomic mass is 9.81. The lowest BCUT2D eigenvalue weighted by Gasteiger charge is -2.37. The van der Waals surface area contributed by atoms with Crippen molar-refractivity contribution in [3.63, 3.8) is 0 Å². The smallest absolute Gasteiger partial charge is 0.161 e. The Morgan fingerprint density at radius 1 is 1.53 bits per heavy atom. The summed E-state index contributed by atoms with van der Waals surface area (Å²) in [4.78, 5) is 12.4. The van der Waals surface area contributed by atoms with Gasteiger partial charge in [0.1, 0.15) is 0 Å². The van der Waals surface area contributed by atoms with E-state index in [1.807, 2.05) is 11.8 Å². The van der Waals surface area contributed by atoms with E-state index >= 15 is 0 Å². The van der Waals surface area contributed by atoms with Crippen LogP contribution in [0, 0.1) is 5.92 Å². The second kappa shape index (κ2) is 4.77. The zero-order valence-corrected chi connectivity index (χ0v) is 11.1. The minimum atomic E-state index is 0.0441. The highest BCUT2D eigenvalue weighted by Crippen LogP contribution is 2.41. The zero-order chi connectivity index (χ0) is 11.7. The fraction of sp³-hybridized carbons (Fsp3) is 0.786. The molecule has 2 atom stereocenters. The second-order valence-corrected chi connectivity index (χ2v) is 6.61. The fourth-order valence-corrected chi connectivity index (χ4v) is 4.65. The first-order chi connectivity index (χ1) is 8.29. The van der Waals surface area contributed by atoms with Crippen molar-refractivity contribution in [2.45, 2.75) is 44.1 Å². The topological polar surface area (TPSA) is 26.3 Å². The minimum Gasteiger partial charge on any atom is -0.374 e. The van der Waals surface area contributed by atoms with Gasteiger partial charge in [-0.05, 0) is 49.9 Å². The van der Waals surface area contributed by atoms with E-state index in [9.17, 15) is 4.79 Å². The summed E-state index contributed by atoms with van der Waals surface area (Å²) in [6.45, 7) is 0.782. The lowest BCUT2D eigenvalue weighted by molar-refractivity contribution is -0.130. The second-order valence-electron chi connectivity index (χ2n) is 5.51. The number of hydrogen-bond donors (Lipinski definition) is 0. The van der Waals surface area contributed by atoms with Crippen LogP contribution in [0.25, 0.3) is 0 Å². The van der Waals surface area contributed by atoms with E-state index in [4.69, 9.17) is 4.74 Å². The SMILES string of the molecule is O=C(C1=CCCC1)C1CCOC2(CCSC2)C1. The first kappa shape index (κ1) is 11.8.